The summed E-state index contributed by atoms with van der Waals surface area (Å²) in [5, 5.41) is 15.9. The van der Waals surface area contributed by atoms with E-state index in [0.717, 1.165) is 12.6 Å². The first kappa shape index (κ1) is 18.3. The van der Waals surface area contributed by atoms with Crippen molar-refractivity contribution in [2.75, 3.05) is 26.6 Å². The van der Waals surface area contributed by atoms with E-state index in [1.807, 2.05) is 6.92 Å². The van der Waals surface area contributed by atoms with Gasteiger partial charge in [0.25, 0.3) is 0 Å². The largest absolute Gasteiger partial charge is 0.387 e. The van der Waals surface area contributed by atoms with Crippen molar-refractivity contribution in [3.05, 3.63) is 24.0 Å². The molecule has 7 heteroatoms. The molecule has 0 saturated carbocycles. The normalized spacial score (nSPS) is 34.8. The van der Waals surface area contributed by atoms with Crippen LogP contribution in [-0.2, 0) is 9.47 Å². The van der Waals surface area contributed by atoms with Gasteiger partial charge in [-0.2, -0.15) is 0 Å². The van der Waals surface area contributed by atoms with Crippen LogP contribution in [0.5, 0.6) is 0 Å². The Bertz CT molecular complexity index is 583. The predicted molar refractivity (Wildman–Crippen MR) is 94.3 cm³/mol. The molecule has 4 atom stereocenters. The number of hydrogen-bond acceptors (Lipinski definition) is 4. The van der Waals surface area contributed by atoms with E-state index >= 15 is 0 Å². The van der Waals surface area contributed by atoms with Gasteiger partial charge in [0.1, 0.15) is 17.8 Å². The van der Waals surface area contributed by atoms with Crippen molar-refractivity contribution in [2.24, 2.45) is 0 Å². The van der Waals surface area contributed by atoms with Crippen molar-refractivity contribution in [1.29, 1.82) is 0 Å². The van der Waals surface area contributed by atoms with Gasteiger partial charge in [0.15, 0.2) is 0 Å². The third-order valence-electron chi connectivity index (χ3n) is 4.48. The zero-order valence-electron chi connectivity index (χ0n) is 14.3. The Balaban J connectivity index is 2.24. The van der Waals surface area contributed by atoms with Gasteiger partial charge in [-0.1, -0.05) is 6.58 Å². The number of ether oxygens (including phenoxy) is 2. The summed E-state index contributed by atoms with van der Waals surface area (Å²) < 4.78 is 11.7. The minimum absolute atomic E-state index is 0.336. The van der Waals surface area contributed by atoms with Crippen molar-refractivity contribution in [2.45, 2.75) is 37.3 Å². The van der Waals surface area contributed by atoms with Crippen LogP contribution < -0.4 is 10.6 Å². The standard InChI is InChI=1S/C16H27N2O4P/c1-10-11(9-17-15(20)18-10)14-16(2,21-3)13(19)12(22-14)7-8-23(4,5)6/h9,12-14,19H,1,4,7-8H2,2-3,5-6H3,(H2,17,18,20)/t12-,13-,14+,16-/m1/s1. The molecule has 3 N–H and O–H groups in total. The minimum atomic E-state index is -1.20. The first-order valence-electron chi connectivity index (χ1n) is 7.61. The van der Waals surface area contributed by atoms with Crippen molar-refractivity contribution < 1.29 is 19.4 Å². The molecule has 6 nitrogen and oxygen atoms in total. The Kier molecular flexibility index (Phi) is 5.12. The summed E-state index contributed by atoms with van der Waals surface area (Å²) in [6.07, 6.45) is 5.80. The van der Waals surface area contributed by atoms with Gasteiger partial charge in [0.05, 0.1) is 6.10 Å². The minimum Gasteiger partial charge on any atom is -0.387 e. The highest BCUT2D eigenvalue weighted by molar-refractivity contribution is 7.72. The molecule has 1 saturated heterocycles. The number of hydrogen-bond donors (Lipinski definition) is 3. The lowest BCUT2D eigenvalue weighted by atomic mass is 9.87. The molecule has 2 amide bonds. The lowest BCUT2D eigenvalue weighted by Crippen LogP contribution is -2.50. The van der Waals surface area contributed by atoms with Crippen LogP contribution in [0.4, 0.5) is 4.79 Å². The van der Waals surface area contributed by atoms with Crippen molar-refractivity contribution in [1.82, 2.24) is 10.6 Å². The average molecular weight is 342 g/mol. The van der Waals surface area contributed by atoms with Gasteiger partial charge in [-0.05, 0) is 32.8 Å². The number of rotatable bonds is 5. The number of aliphatic hydroxyl groups excluding tert-OH is 1. The highest BCUT2D eigenvalue weighted by atomic mass is 31.2. The molecule has 0 aromatic heterocycles. The van der Waals surface area contributed by atoms with E-state index in [0.29, 0.717) is 11.3 Å². The maximum Gasteiger partial charge on any atom is 0.323 e. The maximum absolute atomic E-state index is 11.4. The third kappa shape index (κ3) is 3.72. The summed E-state index contributed by atoms with van der Waals surface area (Å²) in [7, 11) is 1.55. The van der Waals surface area contributed by atoms with E-state index in [2.05, 4.69) is 36.8 Å². The van der Waals surface area contributed by atoms with Crippen LogP contribution in [0.1, 0.15) is 13.3 Å². The Morgan fingerprint density at radius 3 is 2.70 bits per heavy atom. The molecule has 0 unspecified atom stereocenters. The zero-order valence-corrected chi connectivity index (χ0v) is 15.2. The molecule has 0 radical (unpaired) electrons. The molecule has 2 aliphatic heterocycles. The Hall–Kier alpha value is -1.07. The second kappa shape index (κ2) is 6.44. The van der Waals surface area contributed by atoms with Crippen molar-refractivity contribution >= 4 is 19.2 Å². The summed E-state index contributed by atoms with van der Waals surface area (Å²) >= 11 is 0. The van der Waals surface area contributed by atoms with Gasteiger partial charge in [0.2, 0.25) is 0 Å². The number of amides is 2. The fourth-order valence-corrected chi connectivity index (χ4v) is 3.88. The van der Waals surface area contributed by atoms with Gasteiger partial charge in [-0.15, -0.1) is 13.2 Å². The van der Waals surface area contributed by atoms with Gasteiger partial charge < -0.3 is 25.2 Å². The number of carbonyl (C=O) groups excluding carboxylic acids is 1. The lowest BCUT2D eigenvalue weighted by molar-refractivity contribution is -0.0828. The summed E-state index contributed by atoms with van der Waals surface area (Å²) in [4.78, 5) is 11.4. The molecule has 2 aliphatic rings. The molecule has 23 heavy (non-hydrogen) atoms. The Morgan fingerprint density at radius 2 is 2.17 bits per heavy atom. The number of urea groups is 1. The van der Waals surface area contributed by atoms with Crippen molar-refractivity contribution in [3.63, 3.8) is 0 Å². The van der Waals surface area contributed by atoms with Crippen LogP contribution in [0.15, 0.2) is 24.0 Å². The van der Waals surface area contributed by atoms with Crippen LogP contribution in [0.25, 0.3) is 0 Å². The molecule has 0 aromatic carbocycles. The van der Waals surface area contributed by atoms with Crippen LogP contribution >= 0.6 is 6.89 Å². The van der Waals surface area contributed by atoms with E-state index in [1.165, 1.54) is 0 Å². The number of nitrogens with one attached hydrogen (secondary N) is 2. The molecule has 2 heterocycles. The summed E-state index contributed by atoms with van der Waals surface area (Å²) in [5.74, 6) is 0. The van der Waals surface area contributed by atoms with Gasteiger partial charge in [-0.3, -0.25) is 0 Å². The lowest BCUT2D eigenvalue weighted by Gasteiger charge is -2.34. The molecular formula is C16H27N2O4P. The zero-order chi connectivity index (χ0) is 17.4. The van der Waals surface area contributed by atoms with Gasteiger partial charge in [0, 0.05) is 24.6 Å². The second-order valence-electron chi connectivity index (χ2n) is 7.01. The average Bonchev–Trinajstić information content (AvgIpc) is 2.70. The molecule has 2 rings (SSSR count). The van der Waals surface area contributed by atoms with Crippen molar-refractivity contribution in [3.8, 4) is 0 Å². The number of methoxy groups -OCH3 is 1. The number of aliphatic hydroxyl groups is 1. The monoisotopic (exact) mass is 342 g/mol. The highest BCUT2D eigenvalue weighted by Gasteiger charge is 2.55. The van der Waals surface area contributed by atoms with Crippen LogP contribution in [0, 0.1) is 0 Å². The molecule has 0 aliphatic carbocycles. The Morgan fingerprint density at radius 1 is 1.52 bits per heavy atom. The molecular weight excluding hydrogens is 315 g/mol. The fourth-order valence-electron chi connectivity index (χ4n) is 2.93. The van der Waals surface area contributed by atoms with Gasteiger partial charge >= 0.3 is 6.03 Å². The van der Waals surface area contributed by atoms with Gasteiger partial charge in [-0.25, -0.2) is 4.79 Å². The van der Waals surface area contributed by atoms with E-state index in [-0.39, 0.29) is 12.1 Å². The summed E-state index contributed by atoms with van der Waals surface area (Å²) in [6, 6.07) is -0.337. The highest BCUT2D eigenvalue weighted by Crippen LogP contribution is 2.43. The van der Waals surface area contributed by atoms with Crippen LogP contribution in [0.2, 0.25) is 0 Å². The second-order valence-corrected chi connectivity index (χ2v) is 11.3. The molecule has 130 valence electrons. The first-order chi connectivity index (χ1) is 10.6. The third-order valence-corrected chi connectivity index (χ3v) is 5.95. The quantitative estimate of drug-likeness (QED) is 0.659. The topological polar surface area (TPSA) is 79.8 Å². The van der Waals surface area contributed by atoms with E-state index in [9.17, 15) is 9.90 Å². The fraction of sp³-hybridized carbons (Fsp3) is 0.625. The van der Waals surface area contributed by atoms with Crippen LogP contribution in [-0.4, -0.2) is 68.0 Å². The summed E-state index contributed by atoms with van der Waals surface area (Å²) in [6.45, 7) is 8.80. The van der Waals surface area contributed by atoms with E-state index in [1.54, 1.807) is 13.3 Å². The predicted octanol–water partition coefficient (Wildman–Crippen LogP) is 1.33. The SMILES string of the molecule is C=C1NC(=O)NC=C1[C@@H]1O[C@H](CCP(=C)(C)C)[C@@H](O)[C@@]1(C)OC. The smallest absolute Gasteiger partial charge is 0.323 e. The van der Waals surface area contributed by atoms with Crippen LogP contribution in [0.3, 0.4) is 0 Å². The summed E-state index contributed by atoms with van der Waals surface area (Å²) in [5.41, 5.74) is 0.228. The maximum atomic E-state index is 11.4. The van der Waals surface area contributed by atoms with E-state index in [4.69, 9.17) is 9.47 Å². The van der Waals surface area contributed by atoms with E-state index < -0.39 is 24.7 Å². The number of carbonyl (C=O) groups is 1. The first-order valence-corrected chi connectivity index (χ1v) is 10.7. The Labute approximate surface area is 137 Å². The molecule has 0 bridgehead atoms. The molecule has 1 fully saturated rings. The molecule has 0 spiro atoms. The molecule has 0 aromatic rings.